The van der Waals surface area contributed by atoms with Gasteiger partial charge >= 0.3 is 12.1 Å². The first-order valence-corrected chi connectivity index (χ1v) is 10.7. The molecule has 0 aromatic heterocycles. The molecule has 1 saturated heterocycles. The fraction of sp³-hybridized carbons (Fsp3) is 0.556. The molecule has 0 bridgehead atoms. The lowest BCUT2D eigenvalue weighted by atomic mass is 10.1. The van der Waals surface area contributed by atoms with E-state index < -0.39 is 21.6 Å². The van der Waals surface area contributed by atoms with Crippen molar-refractivity contribution in [3.63, 3.8) is 0 Å². The largest absolute Gasteiger partial charge is 0.478 e. The smallest absolute Gasteiger partial charge is 0.410 e. The maximum Gasteiger partial charge on any atom is 0.410 e. The molecule has 1 aliphatic heterocycles. The van der Waals surface area contributed by atoms with E-state index in [1.54, 1.807) is 11.0 Å². The topological polar surface area (TPSA) is 107 Å². The molecule has 10 heteroatoms. The molecule has 28 heavy (non-hydrogen) atoms. The van der Waals surface area contributed by atoms with E-state index in [4.69, 9.17) is 4.74 Å². The van der Waals surface area contributed by atoms with Crippen LogP contribution in [0.4, 0.5) is 16.2 Å². The summed E-state index contributed by atoms with van der Waals surface area (Å²) >= 11 is 0. The molecule has 1 amide bonds. The highest BCUT2D eigenvalue weighted by molar-refractivity contribution is 7.92. The first-order valence-electron chi connectivity index (χ1n) is 8.84. The minimum atomic E-state index is -3.58. The number of piperazine rings is 1. The molecule has 1 fully saturated rings. The van der Waals surface area contributed by atoms with Crippen molar-refractivity contribution in [2.24, 2.45) is 0 Å². The fourth-order valence-corrected chi connectivity index (χ4v) is 3.34. The number of rotatable bonds is 4. The Balaban J connectivity index is 2.16. The predicted molar refractivity (Wildman–Crippen MR) is 107 cm³/mol. The average molecular weight is 413 g/mol. The minimum Gasteiger partial charge on any atom is -0.478 e. The third kappa shape index (κ3) is 5.28. The van der Waals surface area contributed by atoms with Gasteiger partial charge < -0.3 is 19.6 Å². The quantitative estimate of drug-likeness (QED) is 0.802. The van der Waals surface area contributed by atoms with Crippen molar-refractivity contribution in [1.29, 1.82) is 0 Å². The Morgan fingerprint density at radius 3 is 2.18 bits per heavy atom. The Bertz CT molecular complexity index is 855. The summed E-state index contributed by atoms with van der Waals surface area (Å²) in [4.78, 5) is 27.4. The van der Waals surface area contributed by atoms with Crippen LogP contribution in [-0.4, -0.2) is 75.6 Å². The summed E-state index contributed by atoms with van der Waals surface area (Å²) in [5, 5.41) is 9.52. The second-order valence-corrected chi connectivity index (χ2v) is 9.71. The standard InChI is InChI=1S/C18H27N3O6S/c1-18(2,3)27-17(24)21-10-8-20(9-11-21)13-6-7-15(14(12-13)16(22)23)19(4)28(5,25)26/h6-7,12H,8-11H2,1-5H3,(H,22,23). The second-order valence-electron chi connectivity index (χ2n) is 7.69. The van der Waals surface area contributed by atoms with Gasteiger partial charge in [0, 0.05) is 38.9 Å². The van der Waals surface area contributed by atoms with Gasteiger partial charge in [-0.05, 0) is 39.0 Å². The fourth-order valence-electron chi connectivity index (χ4n) is 2.82. The third-order valence-electron chi connectivity index (χ3n) is 4.34. The Labute approximate surface area is 165 Å². The number of nitrogens with zero attached hydrogens (tertiary/aromatic N) is 3. The Kier molecular flexibility index (Phi) is 6.12. The Morgan fingerprint density at radius 2 is 1.71 bits per heavy atom. The summed E-state index contributed by atoms with van der Waals surface area (Å²) in [6, 6.07) is 4.63. The van der Waals surface area contributed by atoms with E-state index in [9.17, 15) is 23.1 Å². The van der Waals surface area contributed by atoms with Crippen molar-refractivity contribution in [2.45, 2.75) is 26.4 Å². The number of carboxylic acid groups (broad SMARTS) is 1. The first-order chi connectivity index (χ1) is 12.8. The van der Waals surface area contributed by atoms with Crippen LogP contribution in [0.2, 0.25) is 0 Å². The van der Waals surface area contributed by atoms with E-state index in [0.29, 0.717) is 31.9 Å². The number of hydrogen-bond donors (Lipinski definition) is 1. The number of ether oxygens (including phenoxy) is 1. The van der Waals surface area contributed by atoms with Crippen LogP contribution in [0.5, 0.6) is 0 Å². The van der Waals surface area contributed by atoms with Crippen molar-refractivity contribution < 1.29 is 27.9 Å². The number of amides is 1. The van der Waals surface area contributed by atoms with Crippen LogP contribution in [0, 0.1) is 0 Å². The van der Waals surface area contributed by atoms with Crippen LogP contribution in [0.1, 0.15) is 31.1 Å². The first kappa shape index (κ1) is 21.8. The molecule has 1 aliphatic rings. The van der Waals surface area contributed by atoms with E-state index in [-0.39, 0.29) is 17.3 Å². The molecule has 156 valence electrons. The summed E-state index contributed by atoms with van der Waals surface area (Å²) in [5.41, 5.74) is 0.101. The van der Waals surface area contributed by atoms with Crippen LogP contribution in [0.25, 0.3) is 0 Å². The van der Waals surface area contributed by atoms with Crippen LogP contribution in [0.15, 0.2) is 18.2 Å². The van der Waals surface area contributed by atoms with Gasteiger partial charge in [-0.15, -0.1) is 0 Å². The predicted octanol–water partition coefficient (Wildman–Crippen LogP) is 1.84. The van der Waals surface area contributed by atoms with Crippen molar-refractivity contribution in [1.82, 2.24) is 4.90 Å². The van der Waals surface area contributed by atoms with Gasteiger partial charge in [0.15, 0.2) is 0 Å². The van der Waals surface area contributed by atoms with Crippen LogP contribution < -0.4 is 9.21 Å². The molecule has 0 atom stereocenters. The number of hydrogen-bond acceptors (Lipinski definition) is 6. The zero-order valence-electron chi connectivity index (χ0n) is 16.8. The summed E-state index contributed by atoms with van der Waals surface area (Å²) in [5.74, 6) is -1.21. The molecule has 0 aliphatic carbocycles. The van der Waals surface area contributed by atoms with Gasteiger partial charge in [0.05, 0.1) is 17.5 Å². The van der Waals surface area contributed by atoms with Crippen molar-refractivity contribution in [3.05, 3.63) is 23.8 Å². The lowest BCUT2D eigenvalue weighted by molar-refractivity contribution is 0.0240. The van der Waals surface area contributed by atoms with Gasteiger partial charge in [0.1, 0.15) is 5.60 Å². The van der Waals surface area contributed by atoms with Gasteiger partial charge in [-0.2, -0.15) is 0 Å². The number of carboxylic acids is 1. The number of carbonyl (C=O) groups excluding carboxylic acids is 1. The summed E-state index contributed by atoms with van der Waals surface area (Å²) in [7, 11) is -2.27. The summed E-state index contributed by atoms with van der Waals surface area (Å²) in [6.45, 7) is 7.35. The minimum absolute atomic E-state index is 0.0972. The van der Waals surface area contributed by atoms with Crippen molar-refractivity contribution in [2.75, 3.05) is 48.7 Å². The van der Waals surface area contributed by atoms with Gasteiger partial charge in [0.25, 0.3) is 0 Å². The van der Waals surface area contributed by atoms with E-state index >= 15 is 0 Å². The van der Waals surface area contributed by atoms with Crippen LogP contribution in [-0.2, 0) is 14.8 Å². The maximum atomic E-state index is 12.2. The van der Waals surface area contributed by atoms with E-state index in [1.165, 1.54) is 19.2 Å². The van der Waals surface area contributed by atoms with E-state index in [2.05, 4.69) is 0 Å². The summed E-state index contributed by atoms with van der Waals surface area (Å²) < 4.78 is 29.8. The Morgan fingerprint density at radius 1 is 1.14 bits per heavy atom. The lowest BCUT2D eigenvalue weighted by Gasteiger charge is -2.37. The number of sulfonamides is 1. The molecule has 9 nitrogen and oxygen atoms in total. The molecule has 1 N–H and O–H groups in total. The molecular weight excluding hydrogens is 386 g/mol. The van der Waals surface area contributed by atoms with Crippen LogP contribution in [0.3, 0.4) is 0 Å². The van der Waals surface area contributed by atoms with Crippen molar-refractivity contribution >= 4 is 33.5 Å². The SMILES string of the molecule is CN(c1ccc(N2CCN(C(=O)OC(C)(C)C)CC2)cc1C(=O)O)S(C)(=O)=O. The molecule has 0 saturated carbocycles. The molecule has 2 rings (SSSR count). The van der Waals surface area contributed by atoms with Gasteiger partial charge in [-0.25, -0.2) is 18.0 Å². The van der Waals surface area contributed by atoms with Crippen LogP contribution >= 0.6 is 0 Å². The second kappa shape index (κ2) is 7.86. The number of aromatic carboxylic acids is 1. The molecule has 0 spiro atoms. The molecule has 0 unspecified atom stereocenters. The zero-order chi connectivity index (χ0) is 21.3. The van der Waals surface area contributed by atoms with Gasteiger partial charge in [-0.3, -0.25) is 4.31 Å². The van der Waals surface area contributed by atoms with Crippen molar-refractivity contribution in [3.8, 4) is 0 Å². The Hall–Kier alpha value is -2.49. The van der Waals surface area contributed by atoms with Gasteiger partial charge in [0.2, 0.25) is 10.0 Å². The molecule has 1 heterocycles. The average Bonchev–Trinajstić information content (AvgIpc) is 2.58. The van der Waals surface area contributed by atoms with Gasteiger partial charge in [-0.1, -0.05) is 0 Å². The van der Waals surface area contributed by atoms with E-state index in [0.717, 1.165) is 10.6 Å². The normalized spacial score (nSPS) is 15.3. The molecule has 1 aromatic carbocycles. The van der Waals surface area contributed by atoms with E-state index in [1.807, 2.05) is 25.7 Å². The number of benzene rings is 1. The highest BCUT2D eigenvalue weighted by atomic mass is 32.2. The molecule has 0 radical (unpaired) electrons. The third-order valence-corrected chi connectivity index (χ3v) is 5.54. The lowest BCUT2D eigenvalue weighted by Crippen LogP contribution is -2.50. The molecule has 1 aromatic rings. The number of anilines is 2. The summed E-state index contributed by atoms with van der Waals surface area (Å²) in [6.07, 6.45) is 0.645. The zero-order valence-corrected chi connectivity index (χ0v) is 17.6. The highest BCUT2D eigenvalue weighted by Crippen LogP contribution is 2.28. The molecular formula is C18H27N3O6S. The maximum absolute atomic E-state index is 12.2. The monoisotopic (exact) mass is 413 g/mol. The highest BCUT2D eigenvalue weighted by Gasteiger charge is 2.27. The number of carbonyl (C=O) groups is 2.